The zero-order chi connectivity index (χ0) is 15.5. The second kappa shape index (κ2) is 7.06. The van der Waals surface area contributed by atoms with Gasteiger partial charge in [-0.15, -0.1) is 0 Å². The minimum Gasteiger partial charge on any atom is -0.314 e. The van der Waals surface area contributed by atoms with E-state index in [1.165, 1.54) is 0 Å². The first-order valence-corrected chi connectivity index (χ1v) is 8.15. The lowest BCUT2D eigenvalue weighted by atomic mass is 9.80. The zero-order valence-electron chi connectivity index (χ0n) is 12.8. The van der Waals surface area contributed by atoms with Gasteiger partial charge in [-0.3, -0.25) is 0 Å². The van der Waals surface area contributed by atoms with Gasteiger partial charge < -0.3 is 5.32 Å². The van der Waals surface area contributed by atoms with Gasteiger partial charge in [0, 0.05) is 23.9 Å². The summed E-state index contributed by atoms with van der Waals surface area (Å²) in [6, 6.07) is 6.31. The highest BCUT2D eigenvalue weighted by molar-refractivity contribution is 6.31. The lowest BCUT2D eigenvalue weighted by Crippen LogP contribution is -2.41. The molecule has 1 aromatic rings. The Morgan fingerprint density at radius 2 is 2.00 bits per heavy atom. The maximum absolute atomic E-state index is 13.3. The molecule has 0 radical (unpaired) electrons. The van der Waals surface area contributed by atoms with E-state index in [-0.39, 0.29) is 18.9 Å². The van der Waals surface area contributed by atoms with E-state index in [1.807, 2.05) is 13.0 Å². The van der Waals surface area contributed by atoms with E-state index < -0.39 is 5.92 Å². The van der Waals surface area contributed by atoms with Crippen molar-refractivity contribution in [3.05, 3.63) is 34.3 Å². The Hall–Kier alpha value is -0.670. The highest BCUT2D eigenvalue weighted by atomic mass is 35.5. The van der Waals surface area contributed by atoms with Crippen LogP contribution in [0.3, 0.4) is 0 Å². The minimum absolute atomic E-state index is 0.0151. The molecule has 0 bridgehead atoms. The maximum Gasteiger partial charge on any atom is 0.248 e. The first-order valence-electron chi connectivity index (χ1n) is 7.77. The Morgan fingerprint density at radius 1 is 1.33 bits per heavy atom. The SMILES string of the molecule is CCNC(Cc1ccc(C)cc1Cl)C1CCC(F)(F)CC1. The number of alkyl halides is 2. The third-order valence-corrected chi connectivity index (χ3v) is 4.80. The molecule has 1 unspecified atom stereocenters. The molecule has 0 aliphatic heterocycles. The maximum atomic E-state index is 13.3. The van der Waals surface area contributed by atoms with Crippen LogP contribution in [0.25, 0.3) is 0 Å². The van der Waals surface area contributed by atoms with Crippen LogP contribution in [0.5, 0.6) is 0 Å². The molecule has 21 heavy (non-hydrogen) atoms. The van der Waals surface area contributed by atoms with Crippen LogP contribution in [-0.2, 0) is 6.42 Å². The van der Waals surface area contributed by atoms with Crippen LogP contribution in [0.2, 0.25) is 5.02 Å². The summed E-state index contributed by atoms with van der Waals surface area (Å²) < 4.78 is 26.6. The topological polar surface area (TPSA) is 12.0 Å². The van der Waals surface area contributed by atoms with Crippen LogP contribution in [0.1, 0.15) is 43.7 Å². The number of hydrogen-bond donors (Lipinski definition) is 1. The average Bonchev–Trinajstić information content (AvgIpc) is 2.41. The third kappa shape index (κ3) is 4.65. The molecule has 4 heteroatoms. The molecule has 1 aliphatic carbocycles. The van der Waals surface area contributed by atoms with E-state index in [1.54, 1.807) is 0 Å². The van der Waals surface area contributed by atoms with Gasteiger partial charge in [-0.1, -0.05) is 30.7 Å². The van der Waals surface area contributed by atoms with Crippen LogP contribution in [0.15, 0.2) is 18.2 Å². The largest absolute Gasteiger partial charge is 0.314 e. The van der Waals surface area contributed by atoms with Crippen LogP contribution in [-0.4, -0.2) is 18.5 Å². The molecule has 1 aliphatic rings. The van der Waals surface area contributed by atoms with Gasteiger partial charge in [-0.05, 0) is 55.8 Å². The molecule has 1 saturated carbocycles. The Labute approximate surface area is 131 Å². The summed E-state index contributed by atoms with van der Waals surface area (Å²) in [6.45, 7) is 4.92. The predicted molar refractivity (Wildman–Crippen MR) is 84.3 cm³/mol. The smallest absolute Gasteiger partial charge is 0.248 e. The summed E-state index contributed by atoms with van der Waals surface area (Å²) in [5, 5.41) is 4.24. The van der Waals surface area contributed by atoms with E-state index in [9.17, 15) is 8.78 Å². The average molecular weight is 316 g/mol. The summed E-state index contributed by atoms with van der Waals surface area (Å²) in [7, 11) is 0. The monoisotopic (exact) mass is 315 g/mol. The lowest BCUT2D eigenvalue weighted by Gasteiger charge is -2.34. The number of likely N-dealkylation sites (N-methyl/N-ethyl adjacent to an activating group) is 1. The van der Waals surface area contributed by atoms with Crippen LogP contribution in [0, 0.1) is 12.8 Å². The molecule has 0 aromatic heterocycles. The number of aryl methyl sites for hydroxylation is 1. The normalized spacial score (nSPS) is 20.4. The molecule has 1 aromatic carbocycles. The van der Waals surface area contributed by atoms with Crippen molar-refractivity contribution in [1.29, 1.82) is 0 Å². The Bertz CT molecular complexity index is 466. The van der Waals surface area contributed by atoms with Gasteiger partial charge in [0.2, 0.25) is 5.92 Å². The summed E-state index contributed by atoms with van der Waals surface area (Å²) in [5.41, 5.74) is 2.24. The van der Waals surface area contributed by atoms with E-state index in [0.29, 0.717) is 18.8 Å². The molecule has 1 nitrogen and oxygen atoms in total. The molecular weight excluding hydrogens is 292 g/mol. The molecule has 0 saturated heterocycles. The van der Waals surface area contributed by atoms with Gasteiger partial charge in [0.05, 0.1) is 0 Å². The van der Waals surface area contributed by atoms with Gasteiger partial charge in [0.25, 0.3) is 0 Å². The van der Waals surface area contributed by atoms with E-state index in [4.69, 9.17) is 11.6 Å². The predicted octanol–water partition coefficient (Wildman–Crippen LogP) is 4.99. The van der Waals surface area contributed by atoms with Crippen LogP contribution < -0.4 is 5.32 Å². The summed E-state index contributed by atoms with van der Waals surface area (Å²) in [6.07, 6.45) is 2.02. The van der Waals surface area contributed by atoms with Crippen LogP contribution >= 0.6 is 11.6 Å². The van der Waals surface area contributed by atoms with E-state index >= 15 is 0 Å². The van der Waals surface area contributed by atoms with Crippen molar-refractivity contribution in [1.82, 2.24) is 5.32 Å². The number of nitrogens with one attached hydrogen (secondary N) is 1. The van der Waals surface area contributed by atoms with Crippen molar-refractivity contribution in [2.45, 2.75) is 57.9 Å². The Balaban J connectivity index is 2.05. The van der Waals surface area contributed by atoms with Gasteiger partial charge in [-0.25, -0.2) is 8.78 Å². The molecular formula is C17H24ClF2N. The molecule has 0 heterocycles. The fourth-order valence-electron chi connectivity index (χ4n) is 3.19. The van der Waals surface area contributed by atoms with Gasteiger partial charge in [-0.2, -0.15) is 0 Å². The van der Waals surface area contributed by atoms with E-state index in [2.05, 4.69) is 24.4 Å². The first-order chi connectivity index (χ1) is 9.91. The molecule has 1 N–H and O–H groups in total. The second-order valence-electron chi connectivity index (χ2n) is 6.16. The van der Waals surface area contributed by atoms with Crippen molar-refractivity contribution >= 4 is 11.6 Å². The highest BCUT2D eigenvalue weighted by Gasteiger charge is 2.37. The van der Waals surface area contributed by atoms with Crippen LogP contribution in [0.4, 0.5) is 8.78 Å². The van der Waals surface area contributed by atoms with Crippen molar-refractivity contribution in [3.63, 3.8) is 0 Å². The fraction of sp³-hybridized carbons (Fsp3) is 0.647. The van der Waals surface area contributed by atoms with Crippen molar-refractivity contribution in [2.75, 3.05) is 6.54 Å². The molecule has 0 amide bonds. The summed E-state index contributed by atoms with van der Waals surface area (Å²) >= 11 is 6.31. The number of rotatable bonds is 5. The molecule has 1 fully saturated rings. The molecule has 0 spiro atoms. The van der Waals surface area contributed by atoms with E-state index in [0.717, 1.165) is 29.1 Å². The quantitative estimate of drug-likeness (QED) is 0.806. The van der Waals surface area contributed by atoms with Gasteiger partial charge in [0.15, 0.2) is 0 Å². The molecule has 2 rings (SSSR count). The summed E-state index contributed by atoms with van der Waals surface area (Å²) in [5.74, 6) is -2.16. The second-order valence-corrected chi connectivity index (χ2v) is 6.56. The number of hydrogen-bond acceptors (Lipinski definition) is 1. The van der Waals surface area contributed by atoms with Gasteiger partial charge in [0.1, 0.15) is 0 Å². The Kier molecular flexibility index (Phi) is 5.61. The zero-order valence-corrected chi connectivity index (χ0v) is 13.5. The third-order valence-electron chi connectivity index (χ3n) is 4.45. The number of halogens is 3. The van der Waals surface area contributed by atoms with Crippen molar-refractivity contribution in [3.8, 4) is 0 Å². The van der Waals surface area contributed by atoms with Gasteiger partial charge >= 0.3 is 0 Å². The fourth-order valence-corrected chi connectivity index (χ4v) is 3.50. The lowest BCUT2D eigenvalue weighted by molar-refractivity contribution is -0.0494. The Morgan fingerprint density at radius 3 is 2.57 bits per heavy atom. The highest BCUT2D eigenvalue weighted by Crippen LogP contribution is 2.38. The molecule has 1 atom stereocenters. The van der Waals surface area contributed by atoms with Crippen molar-refractivity contribution < 1.29 is 8.78 Å². The minimum atomic E-state index is -2.46. The first kappa shape index (κ1) is 16.7. The molecule has 118 valence electrons. The standard InChI is InChI=1S/C17H24ClF2N/c1-3-21-16(13-6-8-17(19,20)9-7-13)11-14-5-4-12(2)10-15(14)18/h4-5,10,13,16,21H,3,6-9,11H2,1-2H3. The number of benzene rings is 1. The van der Waals surface area contributed by atoms with Crippen molar-refractivity contribution in [2.24, 2.45) is 5.92 Å². The summed E-state index contributed by atoms with van der Waals surface area (Å²) in [4.78, 5) is 0.